The van der Waals surface area contributed by atoms with E-state index in [1.54, 1.807) is 12.1 Å². The molecule has 3 rings (SSSR count). The van der Waals surface area contributed by atoms with Crippen LogP contribution in [0.2, 0.25) is 0 Å². The smallest absolute Gasteiger partial charge is 0.178 e. The summed E-state index contributed by atoms with van der Waals surface area (Å²) in [6, 6.07) is 5.45. The molecule has 0 amide bonds. The van der Waals surface area contributed by atoms with Gasteiger partial charge in [0.25, 0.3) is 0 Å². The molecule has 0 aliphatic carbocycles. The summed E-state index contributed by atoms with van der Waals surface area (Å²) in [6.07, 6.45) is 2.72. The predicted octanol–water partition coefficient (Wildman–Crippen LogP) is 3.53. The number of nitrogens with zero attached hydrogens (tertiary/aromatic N) is 2. The number of nitrogens with one attached hydrogen (secondary N) is 1. The van der Waals surface area contributed by atoms with Gasteiger partial charge < -0.3 is 14.6 Å². The molecule has 0 radical (unpaired) electrons. The highest BCUT2D eigenvalue weighted by Crippen LogP contribution is 2.30. The molecular formula is C22H35N3O3S. The minimum absolute atomic E-state index is 0.116. The van der Waals surface area contributed by atoms with E-state index >= 15 is 0 Å². The molecule has 0 atom stereocenters. The van der Waals surface area contributed by atoms with Gasteiger partial charge in [-0.3, -0.25) is 0 Å². The van der Waals surface area contributed by atoms with Gasteiger partial charge in [-0.15, -0.1) is 0 Å². The number of benzene rings is 1. The second-order valence-electron chi connectivity index (χ2n) is 9.03. The monoisotopic (exact) mass is 421 g/mol. The number of ether oxygens (including phenoxy) is 1. The third-order valence-electron chi connectivity index (χ3n) is 5.55. The SMILES string of the molecule is CCNCCCS(=O)(=O)c1ccc2c(c1)nc(C(C)(C)C)n2CC1CCOCC1. The minimum atomic E-state index is -3.30. The van der Waals surface area contributed by atoms with Gasteiger partial charge in [0.15, 0.2) is 9.84 Å². The van der Waals surface area contributed by atoms with Gasteiger partial charge >= 0.3 is 0 Å². The van der Waals surface area contributed by atoms with E-state index in [-0.39, 0.29) is 11.2 Å². The Balaban J connectivity index is 1.92. The molecule has 0 spiro atoms. The van der Waals surface area contributed by atoms with E-state index in [4.69, 9.17) is 9.72 Å². The minimum Gasteiger partial charge on any atom is -0.381 e. The summed E-state index contributed by atoms with van der Waals surface area (Å²) in [4.78, 5) is 5.26. The van der Waals surface area contributed by atoms with Crippen LogP contribution >= 0.6 is 0 Å². The summed E-state index contributed by atoms with van der Waals surface area (Å²) < 4.78 is 33.3. The zero-order valence-corrected chi connectivity index (χ0v) is 19.0. The molecule has 6 nitrogen and oxygen atoms in total. The van der Waals surface area contributed by atoms with Crippen molar-refractivity contribution in [3.8, 4) is 0 Å². The molecule has 162 valence electrons. The third kappa shape index (κ3) is 5.38. The Morgan fingerprint density at radius 2 is 1.97 bits per heavy atom. The van der Waals surface area contributed by atoms with E-state index in [0.717, 1.165) is 56.0 Å². The van der Waals surface area contributed by atoms with Crippen molar-refractivity contribution in [3.63, 3.8) is 0 Å². The number of hydrogen-bond acceptors (Lipinski definition) is 5. The fourth-order valence-corrected chi connectivity index (χ4v) is 5.26. The Bertz CT molecular complexity index is 923. The quantitative estimate of drug-likeness (QED) is 0.660. The van der Waals surface area contributed by atoms with Gasteiger partial charge in [-0.2, -0.15) is 0 Å². The molecule has 1 fully saturated rings. The molecule has 1 aromatic carbocycles. The number of aromatic nitrogens is 2. The van der Waals surface area contributed by atoms with Crippen molar-refractivity contribution < 1.29 is 13.2 Å². The summed E-state index contributed by atoms with van der Waals surface area (Å²) >= 11 is 0. The van der Waals surface area contributed by atoms with Gasteiger partial charge in [0, 0.05) is 25.2 Å². The van der Waals surface area contributed by atoms with Crippen molar-refractivity contribution >= 4 is 20.9 Å². The van der Waals surface area contributed by atoms with Gasteiger partial charge in [0.05, 0.1) is 21.7 Å². The Hall–Kier alpha value is -1.44. The summed E-state index contributed by atoms with van der Waals surface area (Å²) in [5, 5.41) is 3.18. The van der Waals surface area contributed by atoms with Gasteiger partial charge in [0.1, 0.15) is 5.82 Å². The average molecular weight is 422 g/mol. The van der Waals surface area contributed by atoms with E-state index in [0.29, 0.717) is 23.8 Å². The Morgan fingerprint density at radius 3 is 2.62 bits per heavy atom. The summed E-state index contributed by atoms with van der Waals surface area (Å²) in [5.41, 5.74) is 1.68. The van der Waals surface area contributed by atoms with E-state index < -0.39 is 9.84 Å². The normalized spacial score (nSPS) is 16.6. The molecule has 1 N–H and O–H groups in total. The Labute approximate surface area is 175 Å². The second kappa shape index (κ2) is 9.14. The molecular weight excluding hydrogens is 386 g/mol. The van der Waals surface area contributed by atoms with Crippen molar-refractivity contribution in [2.45, 2.75) is 63.8 Å². The van der Waals surface area contributed by atoms with Crippen LogP contribution in [0.25, 0.3) is 11.0 Å². The van der Waals surface area contributed by atoms with Crippen LogP contribution in [-0.2, 0) is 26.5 Å². The lowest BCUT2D eigenvalue weighted by Crippen LogP contribution is -2.25. The molecule has 2 aromatic rings. The molecule has 1 aliphatic heterocycles. The fraction of sp³-hybridized carbons (Fsp3) is 0.682. The first-order valence-corrected chi connectivity index (χ1v) is 12.4. The lowest BCUT2D eigenvalue weighted by Gasteiger charge is -2.26. The van der Waals surface area contributed by atoms with Crippen molar-refractivity contribution in [1.82, 2.24) is 14.9 Å². The Kier molecular flexibility index (Phi) is 7.02. The molecule has 29 heavy (non-hydrogen) atoms. The van der Waals surface area contributed by atoms with Crippen LogP contribution in [0.15, 0.2) is 23.1 Å². The van der Waals surface area contributed by atoms with Crippen LogP contribution in [0.3, 0.4) is 0 Å². The number of imidazole rings is 1. The molecule has 1 aliphatic rings. The van der Waals surface area contributed by atoms with E-state index in [9.17, 15) is 8.42 Å². The number of sulfone groups is 1. The van der Waals surface area contributed by atoms with Crippen LogP contribution in [0.4, 0.5) is 0 Å². The standard InChI is InChI=1S/C22H35N3O3S/c1-5-23-11-6-14-29(26,27)18-7-8-20-19(15-18)24-21(22(2,3)4)25(20)16-17-9-12-28-13-10-17/h7-8,15,17,23H,5-6,9-14,16H2,1-4H3. The van der Waals surface area contributed by atoms with E-state index in [1.165, 1.54) is 0 Å². The van der Waals surface area contributed by atoms with Crippen LogP contribution in [0.5, 0.6) is 0 Å². The zero-order chi connectivity index (χ0) is 21.1. The summed E-state index contributed by atoms with van der Waals surface area (Å²) in [5.74, 6) is 1.73. The highest BCUT2D eigenvalue weighted by Gasteiger charge is 2.26. The zero-order valence-electron chi connectivity index (χ0n) is 18.2. The predicted molar refractivity (Wildman–Crippen MR) is 117 cm³/mol. The largest absolute Gasteiger partial charge is 0.381 e. The molecule has 1 aromatic heterocycles. The number of rotatable bonds is 8. The molecule has 1 saturated heterocycles. The lowest BCUT2D eigenvalue weighted by atomic mass is 9.94. The number of hydrogen-bond donors (Lipinski definition) is 1. The number of fused-ring (bicyclic) bond motifs is 1. The molecule has 0 bridgehead atoms. The highest BCUT2D eigenvalue weighted by atomic mass is 32.2. The van der Waals surface area contributed by atoms with Gasteiger partial charge in [-0.1, -0.05) is 27.7 Å². The van der Waals surface area contributed by atoms with Gasteiger partial charge in [-0.05, 0) is 56.5 Å². The van der Waals surface area contributed by atoms with Crippen molar-refractivity contribution in [1.29, 1.82) is 0 Å². The Morgan fingerprint density at radius 1 is 1.24 bits per heavy atom. The first kappa shape index (κ1) is 22.2. The molecule has 0 saturated carbocycles. The van der Waals surface area contributed by atoms with E-state index in [2.05, 4.69) is 30.7 Å². The van der Waals surface area contributed by atoms with E-state index in [1.807, 2.05) is 13.0 Å². The second-order valence-corrected chi connectivity index (χ2v) is 11.1. The maximum atomic E-state index is 12.8. The maximum absolute atomic E-state index is 12.8. The van der Waals surface area contributed by atoms with Gasteiger partial charge in [0.2, 0.25) is 0 Å². The topological polar surface area (TPSA) is 73.2 Å². The van der Waals surface area contributed by atoms with Crippen molar-refractivity contribution in [2.75, 3.05) is 32.1 Å². The summed E-state index contributed by atoms with van der Waals surface area (Å²) in [7, 11) is -3.30. The van der Waals surface area contributed by atoms with Crippen molar-refractivity contribution in [2.24, 2.45) is 5.92 Å². The van der Waals surface area contributed by atoms with Crippen LogP contribution in [0, 0.1) is 5.92 Å². The van der Waals surface area contributed by atoms with Crippen LogP contribution in [0.1, 0.15) is 52.8 Å². The van der Waals surface area contributed by atoms with Crippen LogP contribution in [-0.4, -0.2) is 50.0 Å². The maximum Gasteiger partial charge on any atom is 0.178 e. The fourth-order valence-electron chi connectivity index (χ4n) is 3.93. The molecule has 2 heterocycles. The molecule has 0 unspecified atom stereocenters. The van der Waals surface area contributed by atoms with Gasteiger partial charge in [-0.25, -0.2) is 13.4 Å². The molecule has 7 heteroatoms. The third-order valence-corrected chi connectivity index (χ3v) is 7.35. The first-order chi connectivity index (χ1) is 13.7. The average Bonchev–Trinajstić information content (AvgIpc) is 3.04. The first-order valence-electron chi connectivity index (χ1n) is 10.7. The van der Waals surface area contributed by atoms with Crippen LogP contribution < -0.4 is 5.32 Å². The van der Waals surface area contributed by atoms with Crippen molar-refractivity contribution in [3.05, 3.63) is 24.0 Å². The summed E-state index contributed by atoms with van der Waals surface area (Å²) in [6.45, 7) is 12.6. The highest BCUT2D eigenvalue weighted by molar-refractivity contribution is 7.91. The lowest BCUT2D eigenvalue weighted by molar-refractivity contribution is 0.0611.